The molecule has 2 fully saturated rings. The van der Waals surface area contributed by atoms with E-state index in [1.807, 2.05) is 11.9 Å². The van der Waals surface area contributed by atoms with E-state index in [0.717, 1.165) is 32.2 Å². The summed E-state index contributed by atoms with van der Waals surface area (Å²) in [6, 6.07) is 0. The van der Waals surface area contributed by atoms with Gasteiger partial charge in [-0.3, -0.25) is 14.6 Å². The molecular formula is C14H27N3O2. The van der Waals surface area contributed by atoms with Crippen LogP contribution in [0.15, 0.2) is 0 Å². The number of hydrogen-bond donors (Lipinski definition) is 1. The molecule has 5 heteroatoms. The Kier molecular flexibility index (Phi) is 5.60. The molecule has 1 aliphatic carbocycles. The van der Waals surface area contributed by atoms with Crippen LogP contribution in [0.3, 0.4) is 0 Å². The van der Waals surface area contributed by atoms with Gasteiger partial charge in [-0.15, -0.1) is 0 Å². The first-order valence-corrected chi connectivity index (χ1v) is 7.44. The molecule has 2 N–H and O–H groups in total. The highest BCUT2D eigenvalue weighted by Gasteiger charge is 2.25. The number of hydrogen-bond acceptors (Lipinski definition) is 4. The second-order valence-corrected chi connectivity index (χ2v) is 6.07. The zero-order chi connectivity index (χ0) is 13.7. The number of ether oxygens (including phenoxy) is 1. The summed E-state index contributed by atoms with van der Waals surface area (Å²) in [6.45, 7) is 5.15. The van der Waals surface area contributed by atoms with Gasteiger partial charge in [0.15, 0.2) is 0 Å². The summed E-state index contributed by atoms with van der Waals surface area (Å²) in [6.07, 6.45) is 5.80. The summed E-state index contributed by atoms with van der Waals surface area (Å²) in [5.41, 5.74) is 5.20. The molecule has 1 aliphatic heterocycles. The van der Waals surface area contributed by atoms with Crippen LogP contribution in [0.5, 0.6) is 0 Å². The molecule has 2 aliphatic rings. The highest BCUT2D eigenvalue weighted by Crippen LogP contribution is 2.26. The fourth-order valence-electron chi connectivity index (χ4n) is 3.29. The summed E-state index contributed by atoms with van der Waals surface area (Å²) in [7, 11) is 1.92. The fourth-order valence-corrected chi connectivity index (χ4v) is 3.29. The topological polar surface area (TPSA) is 58.8 Å². The van der Waals surface area contributed by atoms with Crippen molar-refractivity contribution in [3.05, 3.63) is 0 Å². The molecule has 5 nitrogen and oxygen atoms in total. The van der Waals surface area contributed by atoms with Crippen LogP contribution in [-0.4, -0.2) is 68.2 Å². The Morgan fingerprint density at radius 3 is 2.84 bits per heavy atom. The van der Waals surface area contributed by atoms with Gasteiger partial charge in [-0.25, -0.2) is 0 Å². The Morgan fingerprint density at radius 1 is 1.42 bits per heavy atom. The highest BCUT2D eigenvalue weighted by atomic mass is 16.5. The number of likely N-dealkylation sites (N-methyl/N-ethyl adjacent to an activating group) is 1. The maximum atomic E-state index is 10.9. The summed E-state index contributed by atoms with van der Waals surface area (Å²) >= 11 is 0. The zero-order valence-electron chi connectivity index (χ0n) is 12.0. The molecule has 0 spiro atoms. The third kappa shape index (κ3) is 5.09. The van der Waals surface area contributed by atoms with Crippen molar-refractivity contribution in [3.8, 4) is 0 Å². The molecule has 2 rings (SSSR count). The molecule has 1 saturated heterocycles. The summed E-state index contributed by atoms with van der Waals surface area (Å²) in [5.74, 6) is 0.614. The van der Waals surface area contributed by atoms with Crippen LogP contribution in [0.25, 0.3) is 0 Å². The number of nitrogens with zero attached hydrogens (tertiary/aromatic N) is 2. The van der Waals surface area contributed by atoms with Gasteiger partial charge in [0.25, 0.3) is 0 Å². The quantitative estimate of drug-likeness (QED) is 0.753. The van der Waals surface area contributed by atoms with E-state index in [9.17, 15) is 4.79 Å². The Morgan fingerprint density at radius 2 is 2.16 bits per heavy atom. The number of amides is 1. The molecule has 0 aromatic rings. The van der Waals surface area contributed by atoms with E-state index >= 15 is 0 Å². The van der Waals surface area contributed by atoms with Crippen LogP contribution in [0.1, 0.15) is 25.7 Å². The van der Waals surface area contributed by atoms with Crippen molar-refractivity contribution in [2.45, 2.75) is 31.8 Å². The highest BCUT2D eigenvalue weighted by molar-refractivity contribution is 5.75. The second-order valence-electron chi connectivity index (χ2n) is 6.07. The first-order chi connectivity index (χ1) is 9.13. The van der Waals surface area contributed by atoms with E-state index in [0.29, 0.717) is 6.54 Å². The van der Waals surface area contributed by atoms with Crippen molar-refractivity contribution >= 4 is 5.91 Å². The minimum absolute atomic E-state index is 0.208. The van der Waals surface area contributed by atoms with Crippen LogP contribution in [0, 0.1) is 5.92 Å². The Bertz CT molecular complexity index is 292. The van der Waals surface area contributed by atoms with Crippen LogP contribution in [0.2, 0.25) is 0 Å². The lowest BCUT2D eigenvalue weighted by atomic mass is 10.1. The molecule has 0 unspecified atom stereocenters. The van der Waals surface area contributed by atoms with Gasteiger partial charge in [0.1, 0.15) is 0 Å². The summed E-state index contributed by atoms with van der Waals surface area (Å²) in [4.78, 5) is 15.4. The molecule has 1 amide bonds. The van der Waals surface area contributed by atoms with Crippen LogP contribution in [-0.2, 0) is 9.53 Å². The lowest BCUT2D eigenvalue weighted by Crippen LogP contribution is -2.49. The number of morpholine rings is 1. The standard InChI is InChI=1S/C14H27N3O2/c1-16(11-14(15)18)9-13-10-17(6-7-19-13)8-12-4-2-3-5-12/h12-13H,2-11H2,1H3,(H2,15,18)/t13-/m0/s1. The molecule has 0 bridgehead atoms. The van der Waals surface area contributed by atoms with Gasteiger partial charge < -0.3 is 10.5 Å². The maximum absolute atomic E-state index is 10.9. The predicted octanol–water partition coefficient (Wildman–Crippen LogP) is 0.295. The SMILES string of the molecule is CN(CC(N)=O)C[C@H]1CN(CC2CCCC2)CCO1. The molecule has 0 radical (unpaired) electrons. The van der Waals surface area contributed by atoms with E-state index in [1.54, 1.807) is 0 Å². The molecule has 110 valence electrons. The number of rotatable bonds is 6. The maximum Gasteiger partial charge on any atom is 0.231 e. The van der Waals surface area contributed by atoms with Gasteiger partial charge in [0, 0.05) is 26.2 Å². The van der Waals surface area contributed by atoms with Gasteiger partial charge in [-0.05, 0) is 25.8 Å². The lowest BCUT2D eigenvalue weighted by Gasteiger charge is -2.35. The van der Waals surface area contributed by atoms with Gasteiger partial charge >= 0.3 is 0 Å². The smallest absolute Gasteiger partial charge is 0.231 e. The fraction of sp³-hybridized carbons (Fsp3) is 0.929. The van der Waals surface area contributed by atoms with Crippen molar-refractivity contribution in [2.24, 2.45) is 11.7 Å². The van der Waals surface area contributed by atoms with Crippen LogP contribution in [0.4, 0.5) is 0 Å². The van der Waals surface area contributed by atoms with Crippen molar-refractivity contribution in [3.63, 3.8) is 0 Å². The van der Waals surface area contributed by atoms with Crippen molar-refractivity contribution in [2.75, 3.05) is 46.4 Å². The molecule has 0 aromatic carbocycles. The largest absolute Gasteiger partial charge is 0.374 e. The van der Waals surface area contributed by atoms with Crippen molar-refractivity contribution in [1.29, 1.82) is 0 Å². The Balaban J connectivity index is 1.71. The minimum atomic E-state index is -0.277. The number of nitrogens with two attached hydrogens (primary N) is 1. The molecule has 1 heterocycles. The van der Waals surface area contributed by atoms with E-state index in [-0.39, 0.29) is 12.0 Å². The molecule has 0 aromatic heterocycles. The third-order valence-corrected chi connectivity index (χ3v) is 4.16. The van der Waals surface area contributed by atoms with Gasteiger partial charge in [0.2, 0.25) is 5.91 Å². The molecule has 1 saturated carbocycles. The summed E-state index contributed by atoms with van der Waals surface area (Å²) in [5, 5.41) is 0. The third-order valence-electron chi connectivity index (χ3n) is 4.16. The van der Waals surface area contributed by atoms with E-state index < -0.39 is 0 Å². The number of carbonyl (C=O) groups excluding carboxylic acids is 1. The first kappa shape index (κ1) is 14.8. The minimum Gasteiger partial charge on any atom is -0.374 e. The van der Waals surface area contributed by atoms with Gasteiger partial charge in [0.05, 0.1) is 19.3 Å². The number of carbonyl (C=O) groups is 1. The molecule has 1 atom stereocenters. The first-order valence-electron chi connectivity index (χ1n) is 7.44. The monoisotopic (exact) mass is 269 g/mol. The van der Waals surface area contributed by atoms with Crippen LogP contribution >= 0.6 is 0 Å². The normalized spacial score (nSPS) is 26.1. The zero-order valence-corrected chi connectivity index (χ0v) is 12.0. The van der Waals surface area contributed by atoms with Gasteiger partial charge in [-0.2, -0.15) is 0 Å². The molecule has 19 heavy (non-hydrogen) atoms. The molecular weight excluding hydrogens is 242 g/mol. The average molecular weight is 269 g/mol. The number of primary amides is 1. The van der Waals surface area contributed by atoms with Crippen molar-refractivity contribution < 1.29 is 9.53 Å². The predicted molar refractivity (Wildman–Crippen MR) is 74.8 cm³/mol. The average Bonchev–Trinajstić information content (AvgIpc) is 2.81. The van der Waals surface area contributed by atoms with E-state index in [2.05, 4.69) is 4.90 Å². The summed E-state index contributed by atoms with van der Waals surface area (Å²) < 4.78 is 5.79. The van der Waals surface area contributed by atoms with E-state index in [4.69, 9.17) is 10.5 Å². The van der Waals surface area contributed by atoms with Crippen LogP contribution < -0.4 is 5.73 Å². The van der Waals surface area contributed by atoms with E-state index in [1.165, 1.54) is 32.2 Å². The Hall–Kier alpha value is -0.650. The lowest BCUT2D eigenvalue weighted by molar-refractivity contribution is -0.119. The van der Waals surface area contributed by atoms with Crippen molar-refractivity contribution in [1.82, 2.24) is 9.80 Å². The second kappa shape index (κ2) is 7.22. The van der Waals surface area contributed by atoms with Gasteiger partial charge in [-0.1, -0.05) is 12.8 Å². The Labute approximate surface area is 116 Å².